The number of halogens is 3. The van der Waals surface area contributed by atoms with Gasteiger partial charge in [-0.1, -0.05) is 96.8 Å². The van der Waals surface area contributed by atoms with Crippen molar-refractivity contribution < 1.29 is 17.9 Å². The third-order valence-corrected chi connectivity index (χ3v) is 7.47. The lowest BCUT2D eigenvalue weighted by atomic mass is 9.70. The Morgan fingerprint density at radius 3 is 2.03 bits per heavy atom. The van der Waals surface area contributed by atoms with E-state index in [1.807, 2.05) is 0 Å². The molecule has 0 saturated heterocycles. The van der Waals surface area contributed by atoms with Gasteiger partial charge in [-0.05, 0) is 43.4 Å². The van der Waals surface area contributed by atoms with Crippen LogP contribution in [0.15, 0.2) is 0 Å². The molecule has 2 fully saturated rings. The zero-order chi connectivity index (χ0) is 21.0. The van der Waals surface area contributed by atoms with Crippen LogP contribution in [0.5, 0.6) is 0 Å². The minimum atomic E-state index is -4.22. The average molecular weight is 419 g/mol. The molecule has 0 bridgehead atoms. The summed E-state index contributed by atoms with van der Waals surface area (Å²) >= 11 is 0. The first-order valence-electron chi connectivity index (χ1n) is 12.7. The Labute approximate surface area is 177 Å². The molecule has 0 spiro atoms. The van der Waals surface area contributed by atoms with Crippen molar-refractivity contribution in [2.45, 2.75) is 135 Å². The van der Waals surface area contributed by atoms with Gasteiger partial charge in [0.05, 0.1) is 0 Å². The van der Waals surface area contributed by atoms with E-state index in [0.717, 1.165) is 37.5 Å². The number of rotatable bonds is 13. The molecule has 1 nitrogen and oxygen atoms in total. The summed E-state index contributed by atoms with van der Waals surface area (Å²) in [6, 6.07) is 0. The fraction of sp³-hybridized carbons (Fsp3) is 1.00. The molecule has 0 aliphatic heterocycles. The number of hydrogen-bond donors (Lipinski definition) is 0. The third kappa shape index (κ3) is 10.1. The third-order valence-electron chi connectivity index (χ3n) is 7.47. The molecule has 172 valence electrons. The molecule has 4 heteroatoms. The van der Waals surface area contributed by atoms with Crippen molar-refractivity contribution in [3.63, 3.8) is 0 Å². The van der Waals surface area contributed by atoms with Crippen LogP contribution in [0.4, 0.5) is 13.2 Å². The maximum atomic E-state index is 13.3. The highest BCUT2D eigenvalue weighted by Gasteiger charge is 2.40. The van der Waals surface area contributed by atoms with Crippen molar-refractivity contribution in [3.8, 4) is 0 Å². The largest absolute Gasteiger partial charge is 0.414 e. The molecule has 0 N–H and O–H groups in total. The van der Waals surface area contributed by atoms with E-state index >= 15 is 0 Å². The topological polar surface area (TPSA) is 9.23 Å². The van der Waals surface area contributed by atoms with E-state index in [1.54, 1.807) is 0 Å². The van der Waals surface area contributed by atoms with E-state index in [9.17, 15) is 13.2 Å². The quantitative estimate of drug-likeness (QED) is 0.271. The normalized spacial score (nSPS) is 25.2. The molecule has 0 amide bonds. The monoisotopic (exact) mass is 418 g/mol. The van der Waals surface area contributed by atoms with Crippen molar-refractivity contribution >= 4 is 0 Å². The van der Waals surface area contributed by atoms with E-state index < -0.39 is 12.3 Å². The lowest BCUT2D eigenvalue weighted by molar-refractivity contribution is -0.222. The highest BCUT2D eigenvalue weighted by atomic mass is 19.4. The molecular formula is C25H45F3O. The van der Waals surface area contributed by atoms with Crippen molar-refractivity contribution in [2.75, 3.05) is 6.61 Å². The predicted molar refractivity (Wildman–Crippen MR) is 115 cm³/mol. The van der Waals surface area contributed by atoms with Gasteiger partial charge in [-0.3, -0.25) is 0 Å². The lowest BCUT2D eigenvalue weighted by Crippen LogP contribution is -2.32. The van der Waals surface area contributed by atoms with E-state index in [1.165, 1.54) is 77.0 Å². The SMILES string of the molecule is CCCCCCCCOC(CCC[C@H]1CC[C@H](C2CCCCC2)CC1)C(F)(F)F. The summed E-state index contributed by atoms with van der Waals surface area (Å²) in [6.45, 7) is 2.42. The van der Waals surface area contributed by atoms with Gasteiger partial charge in [-0.25, -0.2) is 0 Å². The zero-order valence-electron chi connectivity index (χ0n) is 18.8. The Morgan fingerprint density at radius 2 is 1.38 bits per heavy atom. The minimum absolute atomic E-state index is 0.141. The smallest absolute Gasteiger partial charge is 0.369 e. The van der Waals surface area contributed by atoms with Gasteiger partial charge in [0.15, 0.2) is 6.10 Å². The first-order valence-corrected chi connectivity index (χ1v) is 12.7. The fourth-order valence-corrected chi connectivity index (χ4v) is 5.60. The summed E-state index contributed by atoms with van der Waals surface area (Å²) < 4.78 is 45.2. The molecular weight excluding hydrogens is 373 g/mol. The fourth-order valence-electron chi connectivity index (χ4n) is 5.60. The Kier molecular flexibility index (Phi) is 12.0. The molecule has 0 heterocycles. The number of alkyl halides is 3. The molecule has 0 aromatic carbocycles. The maximum absolute atomic E-state index is 13.3. The van der Waals surface area contributed by atoms with Crippen molar-refractivity contribution in [1.29, 1.82) is 0 Å². The summed E-state index contributed by atoms with van der Waals surface area (Å²) in [5.41, 5.74) is 0. The van der Waals surface area contributed by atoms with Crippen LogP contribution in [-0.2, 0) is 4.74 Å². The number of unbranched alkanes of at least 4 members (excludes halogenated alkanes) is 5. The van der Waals surface area contributed by atoms with Crippen LogP contribution in [0.3, 0.4) is 0 Å². The van der Waals surface area contributed by atoms with E-state index in [0.29, 0.717) is 12.3 Å². The zero-order valence-corrected chi connectivity index (χ0v) is 18.8. The molecule has 0 aromatic rings. The van der Waals surface area contributed by atoms with Crippen molar-refractivity contribution in [1.82, 2.24) is 0 Å². The van der Waals surface area contributed by atoms with Crippen LogP contribution in [0.25, 0.3) is 0 Å². The van der Waals surface area contributed by atoms with Gasteiger partial charge < -0.3 is 4.74 Å². The second-order valence-electron chi connectivity index (χ2n) is 9.78. The Hall–Kier alpha value is -0.250. The summed E-state index contributed by atoms with van der Waals surface area (Å²) in [7, 11) is 0. The molecule has 1 atom stereocenters. The standard InChI is InChI=1S/C25H45F3O/c1-2-3-4-5-6-10-20-29-24(25(26,27)28)15-11-12-21-16-18-23(19-17-21)22-13-8-7-9-14-22/h21-24H,2-20H2,1H3/t21-,23-,24?. The molecule has 1 unspecified atom stereocenters. The van der Waals surface area contributed by atoms with Gasteiger partial charge in [0.2, 0.25) is 0 Å². The Balaban J connectivity index is 1.58. The van der Waals surface area contributed by atoms with Gasteiger partial charge in [0.1, 0.15) is 0 Å². The first kappa shape index (κ1) is 25.0. The Bertz CT molecular complexity index is 395. The van der Waals surface area contributed by atoms with Crippen LogP contribution >= 0.6 is 0 Å². The van der Waals surface area contributed by atoms with Gasteiger partial charge >= 0.3 is 6.18 Å². The predicted octanol–water partition coefficient (Wildman–Crippen LogP) is 8.85. The van der Waals surface area contributed by atoms with Gasteiger partial charge in [0, 0.05) is 6.61 Å². The molecule has 2 rings (SSSR count). The summed E-state index contributed by atoms with van der Waals surface area (Å²) in [5, 5.41) is 0. The number of hydrogen-bond acceptors (Lipinski definition) is 1. The van der Waals surface area contributed by atoms with Crippen LogP contribution in [0.1, 0.15) is 122 Å². The van der Waals surface area contributed by atoms with Gasteiger partial charge in [-0.15, -0.1) is 0 Å². The van der Waals surface area contributed by atoms with Crippen LogP contribution in [0.2, 0.25) is 0 Å². The number of ether oxygens (including phenoxy) is 1. The molecule has 2 aliphatic carbocycles. The molecule has 29 heavy (non-hydrogen) atoms. The minimum Gasteiger partial charge on any atom is -0.369 e. The average Bonchev–Trinajstić information content (AvgIpc) is 2.72. The summed E-state index contributed by atoms with van der Waals surface area (Å²) in [6.07, 6.45) is 14.5. The van der Waals surface area contributed by atoms with Gasteiger partial charge in [-0.2, -0.15) is 13.2 Å². The second-order valence-corrected chi connectivity index (χ2v) is 9.78. The molecule has 0 aromatic heterocycles. The highest BCUT2D eigenvalue weighted by Crippen LogP contribution is 2.41. The Morgan fingerprint density at radius 1 is 0.759 bits per heavy atom. The molecule has 0 radical (unpaired) electrons. The van der Waals surface area contributed by atoms with Crippen LogP contribution in [-0.4, -0.2) is 18.9 Å². The van der Waals surface area contributed by atoms with Crippen LogP contribution < -0.4 is 0 Å². The highest BCUT2D eigenvalue weighted by molar-refractivity contribution is 4.80. The lowest BCUT2D eigenvalue weighted by Gasteiger charge is -2.36. The second kappa shape index (κ2) is 13.9. The van der Waals surface area contributed by atoms with E-state index in [2.05, 4.69) is 6.92 Å². The van der Waals surface area contributed by atoms with Crippen molar-refractivity contribution in [2.24, 2.45) is 17.8 Å². The van der Waals surface area contributed by atoms with E-state index in [-0.39, 0.29) is 13.0 Å². The molecule has 2 saturated carbocycles. The van der Waals surface area contributed by atoms with Gasteiger partial charge in [0.25, 0.3) is 0 Å². The molecule has 2 aliphatic rings. The summed E-state index contributed by atoms with van der Waals surface area (Å²) in [5.74, 6) is 2.48. The summed E-state index contributed by atoms with van der Waals surface area (Å²) in [4.78, 5) is 0. The first-order chi connectivity index (χ1) is 14.0. The van der Waals surface area contributed by atoms with Crippen molar-refractivity contribution in [3.05, 3.63) is 0 Å². The maximum Gasteiger partial charge on any atom is 0.414 e. The van der Waals surface area contributed by atoms with Crippen LogP contribution in [0, 0.1) is 17.8 Å². The van der Waals surface area contributed by atoms with E-state index in [4.69, 9.17) is 4.74 Å².